The highest BCUT2D eigenvalue weighted by Gasteiger charge is 2.15. The molecule has 0 heterocycles. The first kappa shape index (κ1) is 11.2. The first-order chi connectivity index (χ1) is 5.45. The lowest BCUT2D eigenvalue weighted by atomic mass is 10.4. The lowest BCUT2D eigenvalue weighted by Gasteiger charge is -2.05. The molecule has 1 N–H and O–H groups in total. The van der Waals surface area contributed by atoms with Crippen LogP contribution in [0.2, 0.25) is 0 Å². The number of carboxylic acid groups (broad SMARTS) is 1. The lowest BCUT2D eigenvalue weighted by Crippen LogP contribution is -2.21. The quantitative estimate of drug-likeness (QED) is 0.449. The van der Waals surface area contributed by atoms with E-state index in [1.54, 1.807) is 0 Å². The van der Waals surface area contributed by atoms with Crippen LogP contribution in [0.1, 0.15) is 6.92 Å². The molecule has 1 unspecified atom stereocenters. The maximum absolute atomic E-state index is 10.7. The van der Waals surface area contributed by atoms with Crippen molar-refractivity contribution in [3.63, 3.8) is 0 Å². The fourth-order valence-corrected chi connectivity index (χ4v) is 0.476. The van der Waals surface area contributed by atoms with Crippen LogP contribution in [0.4, 0.5) is 0 Å². The van der Waals surface area contributed by atoms with Crippen LogP contribution in [0.25, 0.3) is 0 Å². The number of hydrogen-bond acceptors (Lipinski definition) is 3. The van der Waals surface area contributed by atoms with Gasteiger partial charge in [-0.2, -0.15) is 0 Å². The molecule has 0 radical (unpaired) electrons. The number of carbonyl (C=O) groups is 2. The summed E-state index contributed by atoms with van der Waals surface area (Å²) in [5, 5.41) is 8.37. The van der Waals surface area contributed by atoms with Crippen molar-refractivity contribution >= 4 is 27.9 Å². The van der Waals surface area contributed by atoms with E-state index in [0.717, 1.165) is 0 Å². The summed E-state index contributed by atoms with van der Waals surface area (Å²) in [5.74, 6) is -1.65. The van der Waals surface area contributed by atoms with Crippen LogP contribution in [0.15, 0.2) is 12.2 Å². The Labute approximate surface area is 78.3 Å². The van der Waals surface area contributed by atoms with Crippen molar-refractivity contribution in [3.8, 4) is 0 Å². The van der Waals surface area contributed by atoms with Crippen LogP contribution in [0.5, 0.6) is 0 Å². The standard InChI is InChI=1S/C7H9BrO4/c1-4(2)7(11)12-3-5(8)6(9)10/h5H,1,3H2,2H3,(H,9,10). The van der Waals surface area contributed by atoms with Gasteiger partial charge in [0.1, 0.15) is 11.4 Å². The molecular weight excluding hydrogens is 228 g/mol. The van der Waals surface area contributed by atoms with E-state index in [4.69, 9.17) is 5.11 Å². The van der Waals surface area contributed by atoms with Gasteiger partial charge in [-0.25, -0.2) is 4.79 Å². The maximum atomic E-state index is 10.7. The van der Waals surface area contributed by atoms with Crippen LogP contribution in [0.3, 0.4) is 0 Å². The van der Waals surface area contributed by atoms with E-state index in [1.807, 2.05) is 0 Å². The summed E-state index contributed by atoms with van der Waals surface area (Å²) in [6.45, 7) is 4.64. The zero-order valence-electron chi connectivity index (χ0n) is 6.54. The maximum Gasteiger partial charge on any atom is 0.333 e. The topological polar surface area (TPSA) is 63.6 Å². The van der Waals surface area contributed by atoms with E-state index in [9.17, 15) is 9.59 Å². The molecule has 0 rings (SSSR count). The lowest BCUT2D eigenvalue weighted by molar-refractivity contribution is -0.142. The number of esters is 1. The van der Waals surface area contributed by atoms with Crippen LogP contribution < -0.4 is 0 Å². The van der Waals surface area contributed by atoms with Crippen LogP contribution >= 0.6 is 15.9 Å². The van der Waals surface area contributed by atoms with Gasteiger partial charge in [-0.3, -0.25) is 4.79 Å². The molecule has 0 aromatic carbocycles. The highest BCUT2D eigenvalue weighted by atomic mass is 79.9. The largest absolute Gasteiger partial charge is 0.480 e. The normalized spacial score (nSPS) is 11.8. The number of carbonyl (C=O) groups excluding carboxylic acids is 1. The summed E-state index contributed by atoms with van der Waals surface area (Å²) in [4.78, 5) is 20.1. The average molecular weight is 237 g/mol. The first-order valence-corrected chi connectivity index (χ1v) is 4.06. The molecule has 0 aliphatic carbocycles. The summed E-state index contributed by atoms with van der Waals surface area (Å²) in [5.41, 5.74) is 0.250. The van der Waals surface area contributed by atoms with Crippen molar-refractivity contribution in [2.75, 3.05) is 6.61 Å². The van der Waals surface area contributed by atoms with Gasteiger partial charge in [0, 0.05) is 5.57 Å². The highest BCUT2D eigenvalue weighted by Crippen LogP contribution is 2.02. The summed E-state index contributed by atoms with van der Waals surface area (Å²) in [6, 6.07) is 0. The minimum absolute atomic E-state index is 0.193. The van der Waals surface area contributed by atoms with E-state index in [0.29, 0.717) is 0 Å². The molecule has 0 aliphatic heterocycles. The second-order valence-electron chi connectivity index (χ2n) is 2.18. The summed E-state index contributed by atoms with van der Waals surface area (Å²) >= 11 is 2.81. The number of ether oxygens (including phenoxy) is 1. The van der Waals surface area contributed by atoms with Gasteiger partial charge in [-0.15, -0.1) is 0 Å². The Balaban J connectivity index is 3.76. The Morgan fingerprint density at radius 2 is 2.17 bits per heavy atom. The van der Waals surface area contributed by atoms with E-state index in [-0.39, 0.29) is 12.2 Å². The molecule has 0 aliphatic rings. The van der Waals surface area contributed by atoms with Gasteiger partial charge in [0.05, 0.1) is 0 Å². The number of carboxylic acids is 1. The van der Waals surface area contributed by atoms with Gasteiger partial charge < -0.3 is 9.84 Å². The Bertz CT molecular complexity index is 211. The zero-order chi connectivity index (χ0) is 9.72. The van der Waals surface area contributed by atoms with Crippen molar-refractivity contribution < 1.29 is 19.4 Å². The van der Waals surface area contributed by atoms with Crippen molar-refractivity contribution in [2.24, 2.45) is 0 Å². The highest BCUT2D eigenvalue weighted by molar-refractivity contribution is 9.10. The Morgan fingerprint density at radius 1 is 1.67 bits per heavy atom. The molecule has 0 amide bonds. The van der Waals surface area contributed by atoms with Gasteiger partial charge in [-0.1, -0.05) is 22.5 Å². The average Bonchev–Trinajstić information content (AvgIpc) is 1.98. The molecule has 0 saturated carbocycles. The van der Waals surface area contributed by atoms with Gasteiger partial charge >= 0.3 is 11.9 Å². The predicted octanol–water partition coefficient (Wildman–Crippen LogP) is 0.954. The molecule has 0 fully saturated rings. The predicted molar refractivity (Wildman–Crippen MR) is 46.1 cm³/mol. The van der Waals surface area contributed by atoms with Gasteiger partial charge in [0.15, 0.2) is 0 Å². The SMILES string of the molecule is C=C(C)C(=O)OCC(Br)C(=O)O. The minimum atomic E-state index is -1.07. The Hall–Kier alpha value is -0.840. The monoisotopic (exact) mass is 236 g/mol. The fourth-order valence-electron chi connectivity index (χ4n) is 0.343. The summed E-state index contributed by atoms with van der Waals surface area (Å²) < 4.78 is 4.56. The molecule has 5 heteroatoms. The van der Waals surface area contributed by atoms with Gasteiger partial charge in [0.2, 0.25) is 0 Å². The Kier molecular flexibility index (Phi) is 4.58. The molecule has 1 atom stereocenters. The smallest absolute Gasteiger partial charge is 0.333 e. The molecular formula is C7H9BrO4. The van der Waals surface area contributed by atoms with Crippen molar-refractivity contribution in [3.05, 3.63) is 12.2 Å². The van der Waals surface area contributed by atoms with Gasteiger partial charge in [-0.05, 0) is 6.92 Å². The minimum Gasteiger partial charge on any atom is -0.480 e. The summed E-state index contributed by atoms with van der Waals surface area (Å²) in [6.07, 6.45) is 0. The third kappa shape index (κ3) is 4.12. The van der Waals surface area contributed by atoms with E-state index in [1.165, 1.54) is 6.92 Å². The van der Waals surface area contributed by atoms with Crippen LogP contribution in [-0.4, -0.2) is 28.5 Å². The van der Waals surface area contributed by atoms with Crippen molar-refractivity contribution in [1.82, 2.24) is 0 Å². The van der Waals surface area contributed by atoms with E-state index >= 15 is 0 Å². The molecule has 0 spiro atoms. The number of alkyl halides is 1. The third-order valence-electron chi connectivity index (χ3n) is 0.977. The van der Waals surface area contributed by atoms with Crippen molar-refractivity contribution in [1.29, 1.82) is 0 Å². The van der Waals surface area contributed by atoms with Crippen LogP contribution in [0, 0.1) is 0 Å². The number of halogens is 1. The number of hydrogen-bond donors (Lipinski definition) is 1. The molecule has 0 aromatic rings. The van der Waals surface area contributed by atoms with E-state index < -0.39 is 16.8 Å². The molecule has 0 bridgehead atoms. The fraction of sp³-hybridized carbons (Fsp3) is 0.429. The zero-order valence-corrected chi connectivity index (χ0v) is 8.13. The molecule has 68 valence electrons. The second kappa shape index (κ2) is 4.92. The Morgan fingerprint density at radius 3 is 2.50 bits per heavy atom. The number of aliphatic carboxylic acids is 1. The van der Waals surface area contributed by atoms with Gasteiger partial charge in [0.25, 0.3) is 0 Å². The summed E-state index contributed by atoms with van der Waals surface area (Å²) in [7, 11) is 0. The first-order valence-electron chi connectivity index (χ1n) is 3.14. The molecule has 0 aromatic heterocycles. The number of rotatable bonds is 4. The third-order valence-corrected chi connectivity index (χ3v) is 1.63. The molecule has 0 saturated heterocycles. The second-order valence-corrected chi connectivity index (χ2v) is 3.29. The molecule has 12 heavy (non-hydrogen) atoms. The van der Waals surface area contributed by atoms with Crippen LogP contribution in [-0.2, 0) is 14.3 Å². The van der Waals surface area contributed by atoms with E-state index in [2.05, 4.69) is 27.2 Å². The van der Waals surface area contributed by atoms with Crippen molar-refractivity contribution in [2.45, 2.75) is 11.8 Å². The molecule has 4 nitrogen and oxygen atoms in total.